The summed E-state index contributed by atoms with van der Waals surface area (Å²) in [5, 5.41) is 2.60. The first kappa shape index (κ1) is 13.2. The lowest BCUT2D eigenvalue weighted by Gasteiger charge is -2.05. The molecular formula is C11H14ClNO2S. The maximum Gasteiger partial charge on any atom is 0.293 e. The van der Waals surface area contributed by atoms with Gasteiger partial charge in [0.1, 0.15) is 0 Å². The van der Waals surface area contributed by atoms with Crippen molar-refractivity contribution in [3.05, 3.63) is 21.3 Å². The number of carbonyl (C=O) groups excluding carboxylic acids is 2. The molecule has 0 atom stereocenters. The largest absolute Gasteiger partial charge is 0.349 e. The van der Waals surface area contributed by atoms with E-state index in [0.29, 0.717) is 21.7 Å². The van der Waals surface area contributed by atoms with E-state index < -0.39 is 11.7 Å². The summed E-state index contributed by atoms with van der Waals surface area (Å²) in [6.07, 6.45) is 0.865. The van der Waals surface area contributed by atoms with Gasteiger partial charge >= 0.3 is 0 Å². The van der Waals surface area contributed by atoms with Crippen LogP contribution >= 0.6 is 22.9 Å². The van der Waals surface area contributed by atoms with E-state index in [0.717, 1.165) is 17.8 Å². The summed E-state index contributed by atoms with van der Waals surface area (Å²) in [5.74, 6) is -0.564. The Labute approximate surface area is 104 Å². The molecule has 1 heterocycles. The van der Waals surface area contributed by atoms with Crippen molar-refractivity contribution >= 4 is 34.6 Å². The van der Waals surface area contributed by atoms with Gasteiger partial charge in [0, 0.05) is 6.54 Å². The molecule has 0 aliphatic carbocycles. The Hall–Kier alpha value is -0.870. The van der Waals surface area contributed by atoms with Crippen molar-refractivity contribution in [1.29, 1.82) is 0 Å². The Kier molecular flexibility index (Phi) is 4.96. The van der Waals surface area contributed by atoms with Crippen LogP contribution in [-0.4, -0.2) is 18.2 Å². The monoisotopic (exact) mass is 259 g/mol. The highest BCUT2D eigenvalue weighted by atomic mass is 35.5. The van der Waals surface area contributed by atoms with Gasteiger partial charge in [0.05, 0.1) is 9.21 Å². The minimum absolute atomic E-state index is 0.382. The summed E-state index contributed by atoms with van der Waals surface area (Å²) in [5.41, 5.74) is 0. The Morgan fingerprint density at radius 3 is 2.62 bits per heavy atom. The van der Waals surface area contributed by atoms with Crippen LogP contribution in [0.2, 0.25) is 4.34 Å². The molecule has 1 aromatic rings. The lowest BCUT2D eigenvalue weighted by Crippen LogP contribution is -2.31. The molecule has 1 rings (SSSR count). The van der Waals surface area contributed by atoms with Crippen LogP contribution in [0.3, 0.4) is 0 Å². The van der Waals surface area contributed by atoms with Crippen LogP contribution in [0.25, 0.3) is 0 Å². The van der Waals surface area contributed by atoms with Gasteiger partial charge < -0.3 is 5.32 Å². The van der Waals surface area contributed by atoms with Gasteiger partial charge in [0.15, 0.2) is 0 Å². The van der Waals surface area contributed by atoms with E-state index in [1.54, 1.807) is 12.1 Å². The van der Waals surface area contributed by atoms with Crippen LogP contribution in [0.1, 0.15) is 29.9 Å². The highest BCUT2D eigenvalue weighted by Gasteiger charge is 2.17. The molecule has 88 valence electrons. The molecule has 0 spiro atoms. The fourth-order valence-electron chi connectivity index (χ4n) is 1.10. The van der Waals surface area contributed by atoms with Crippen LogP contribution in [0, 0.1) is 5.92 Å². The van der Waals surface area contributed by atoms with Crippen molar-refractivity contribution < 1.29 is 9.59 Å². The molecule has 1 aromatic heterocycles. The molecule has 0 bridgehead atoms. The van der Waals surface area contributed by atoms with Crippen LogP contribution in [-0.2, 0) is 4.79 Å². The third-order valence-corrected chi connectivity index (χ3v) is 3.24. The van der Waals surface area contributed by atoms with Gasteiger partial charge in [-0.05, 0) is 24.5 Å². The molecule has 1 N–H and O–H groups in total. The first-order valence-electron chi connectivity index (χ1n) is 5.08. The Morgan fingerprint density at radius 2 is 2.12 bits per heavy atom. The minimum atomic E-state index is -0.556. The molecule has 5 heteroatoms. The van der Waals surface area contributed by atoms with Crippen LogP contribution in [0.5, 0.6) is 0 Å². The average molecular weight is 260 g/mol. The number of Topliss-reactive ketones (excluding diaryl/α,β-unsaturated/α-hetero) is 1. The van der Waals surface area contributed by atoms with E-state index in [2.05, 4.69) is 19.2 Å². The van der Waals surface area contributed by atoms with Crippen molar-refractivity contribution in [2.45, 2.75) is 20.3 Å². The van der Waals surface area contributed by atoms with Crippen LogP contribution in [0.15, 0.2) is 12.1 Å². The number of halogens is 1. The standard InChI is InChI=1S/C11H14ClNO2S/c1-7(2)5-6-13-11(15)10(14)8-3-4-9(12)16-8/h3-4,7H,5-6H2,1-2H3,(H,13,15). The summed E-state index contributed by atoms with van der Waals surface area (Å²) >= 11 is 6.81. The zero-order valence-corrected chi connectivity index (χ0v) is 10.8. The van der Waals surface area contributed by atoms with Gasteiger partial charge in [0.25, 0.3) is 11.7 Å². The Morgan fingerprint density at radius 1 is 1.44 bits per heavy atom. The number of ketones is 1. The van der Waals surface area contributed by atoms with Gasteiger partial charge in [-0.15, -0.1) is 11.3 Å². The SMILES string of the molecule is CC(C)CCNC(=O)C(=O)c1ccc(Cl)s1. The second kappa shape index (κ2) is 6.01. The fraction of sp³-hybridized carbons (Fsp3) is 0.455. The van der Waals surface area contributed by atoms with Gasteiger partial charge in [-0.1, -0.05) is 25.4 Å². The molecular weight excluding hydrogens is 246 g/mol. The van der Waals surface area contributed by atoms with E-state index in [1.165, 1.54) is 0 Å². The van der Waals surface area contributed by atoms with Crippen molar-refractivity contribution in [2.75, 3.05) is 6.54 Å². The van der Waals surface area contributed by atoms with Crippen molar-refractivity contribution in [1.82, 2.24) is 5.32 Å². The number of rotatable bonds is 5. The molecule has 0 saturated heterocycles. The second-order valence-electron chi connectivity index (χ2n) is 3.87. The molecule has 0 unspecified atom stereocenters. The van der Waals surface area contributed by atoms with E-state index in [4.69, 9.17) is 11.6 Å². The lowest BCUT2D eigenvalue weighted by molar-refractivity contribution is -0.117. The number of thiophene rings is 1. The number of amides is 1. The molecule has 1 amide bonds. The van der Waals surface area contributed by atoms with E-state index in [-0.39, 0.29) is 0 Å². The summed E-state index contributed by atoms with van der Waals surface area (Å²) in [4.78, 5) is 23.4. The maximum absolute atomic E-state index is 11.6. The van der Waals surface area contributed by atoms with Crippen LogP contribution in [0.4, 0.5) is 0 Å². The molecule has 0 aliphatic heterocycles. The molecule has 0 aliphatic rings. The number of nitrogens with one attached hydrogen (secondary N) is 1. The van der Waals surface area contributed by atoms with E-state index in [9.17, 15) is 9.59 Å². The van der Waals surface area contributed by atoms with Crippen molar-refractivity contribution in [3.8, 4) is 0 Å². The van der Waals surface area contributed by atoms with Gasteiger partial charge in [-0.2, -0.15) is 0 Å². The maximum atomic E-state index is 11.6. The average Bonchev–Trinajstić information content (AvgIpc) is 2.63. The third-order valence-electron chi connectivity index (χ3n) is 2.01. The molecule has 16 heavy (non-hydrogen) atoms. The zero-order valence-electron chi connectivity index (χ0n) is 9.25. The number of carbonyl (C=O) groups is 2. The third kappa shape index (κ3) is 3.94. The van der Waals surface area contributed by atoms with Crippen molar-refractivity contribution in [2.24, 2.45) is 5.92 Å². The van der Waals surface area contributed by atoms with Crippen LogP contribution < -0.4 is 5.32 Å². The molecule has 0 fully saturated rings. The van der Waals surface area contributed by atoms with Crippen molar-refractivity contribution in [3.63, 3.8) is 0 Å². The topological polar surface area (TPSA) is 46.2 Å². The quantitative estimate of drug-likeness (QED) is 0.653. The molecule has 0 aromatic carbocycles. The molecule has 0 radical (unpaired) electrons. The normalized spacial score (nSPS) is 10.5. The Bertz CT molecular complexity index is 387. The van der Waals surface area contributed by atoms with Gasteiger partial charge in [0.2, 0.25) is 0 Å². The van der Waals surface area contributed by atoms with E-state index >= 15 is 0 Å². The highest BCUT2D eigenvalue weighted by molar-refractivity contribution is 7.18. The Balaban J connectivity index is 2.45. The molecule has 3 nitrogen and oxygen atoms in total. The summed E-state index contributed by atoms with van der Waals surface area (Å²) in [6.45, 7) is 4.65. The summed E-state index contributed by atoms with van der Waals surface area (Å²) < 4.78 is 0.512. The lowest BCUT2D eigenvalue weighted by atomic mass is 10.1. The zero-order chi connectivity index (χ0) is 12.1. The predicted molar refractivity (Wildman–Crippen MR) is 66.1 cm³/mol. The fourth-order valence-corrected chi connectivity index (χ4v) is 2.08. The number of hydrogen-bond acceptors (Lipinski definition) is 3. The first-order valence-corrected chi connectivity index (χ1v) is 6.28. The predicted octanol–water partition coefficient (Wildman–Crippen LogP) is 2.75. The first-order chi connectivity index (χ1) is 7.50. The second-order valence-corrected chi connectivity index (χ2v) is 5.59. The molecule has 0 saturated carbocycles. The van der Waals surface area contributed by atoms with Gasteiger partial charge in [-0.3, -0.25) is 9.59 Å². The summed E-state index contributed by atoms with van der Waals surface area (Å²) in [7, 11) is 0. The van der Waals surface area contributed by atoms with E-state index in [1.807, 2.05) is 0 Å². The summed E-state index contributed by atoms with van der Waals surface area (Å²) in [6, 6.07) is 3.18. The smallest absolute Gasteiger partial charge is 0.293 e. The number of hydrogen-bond donors (Lipinski definition) is 1. The minimum Gasteiger partial charge on any atom is -0.349 e. The highest BCUT2D eigenvalue weighted by Crippen LogP contribution is 2.21. The van der Waals surface area contributed by atoms with Gasteiger partial charge in [-0.25, -0.2) is 0 Å².